The number of ether oxygens (including phenoxy) is 2. The molecular weight excluding hydrogens is 470 g/mol. The summed E-state index contributed by atoms with van der Waals surface area (Å²) in [5.41, 5.74) is 2.44. The third-order valence-corrected chi connectivity index (χ3v) is 7.04. The van der Waals surface area contributed by atoms with Crippen LogP contribution in [-0.4, -0.2) is 76.0 Å². The molecule has 2 aliphatic rings. The maximum atomic E-state index is 9.49. The van der Waals surface area contributed by atoms with Crippen LogP contribution in [0.3, 0.4) is 0 Å². The number of hydrogen-bond donors (Lipinski definition) is 1. The summed E-state index contributed by atoms with van der Waals surface area (Å²) in [7, 11) is 1.60. The first-order valence-corrected chi connectivity index (χ1v) is 12.6. The number of anilines is 2. The fourth-order valence-electron chi connectivity index (χ4n) is 4.81. The lowest BCUT2D eigenvalue weighted by molar-refractivity contribution is 0.160. The van der Waals surface area contributed by atoms with Crippen LogP contribution in [0, 0.1) is 5.92 Å². The third-order valence-electron chi connectivity index (χ3n) is 7.04. The van der Waals surface area contributed by atoms with Crippen molar-refractivity contribution in [1.82, 2.24) is 24.9 Å². The van der Waals surface area contributed by atoms with Gasteiger partial charge < -0.3 is 24.4 Å². The van der Waals surface area contributed by atoms with Crippen LogP contribution in [0.25, 0.3) is 22.0 Å². The molecule has 10 heteroatoms. The van der Waals surface area contributed by atoms with Gasteiger partial charge in [0.15, 0.2) is 0 Å². The first kappa shape index (κ1) is 23.4. The summed E-state index contributed by atoms with van der Waals surface area (Å²) in [6, 6.07) is 11.8. The summed E-state index contributed by atoms with van der Waals surface area (Å²) < 4.78 is 11.9. The number of aromatic nitrogens is 5. The van der Waals surface area contributed by atoms with Gasteiger partial charge in [0.25, 0.3) is 0 Å². The summed E-state index contributed by atoms with van der Waals surface area (Å²) >= 11 is 0. The van der Waals surface area contributed by atoms with Crippen molar-refractivity contribution in [1.29, 1.82) is 0 Å². The molecule has 0 atom stereocenters. The summed E-state index contributed by atoms with van der Waals surface area (Å²) in [5, 5.41) is 10.5. The first-order chi connectivity index (χ1) is 18.2. The van der Waals surface area contributed by atoms with Gasteiger partial charge in [-0.15, -0.1) is 0 Å². The maximum absolute atomic E-state index is 9.49. The fourth-order valence-corrected chi connectivity index (χ4v) is 4.81. The number of nitrogens with zero attached hydrogens (tertiary/aromatic N) is 7. The zero-order valence-corrected chi connectivity index (χ0v) is 20.7. The highest BCUT2D eigenvalue weighted by molar-refractivity contribution is 5.78. The lowest BCUT2D eigenvalue weighted by Crippen LogP contribution is -2.54. The molecule has 3 aromatic heterocycles. The number of methoxy groups -OCH3 is 1. The van der Waals surface area contributed by atoms with E-state index < -0.39 is 0 Å². The normalized spacial score (nSPS) is 16.6. The molecule has 0 bridgehead atoms. The standard InChI is InChI=1S/C27H29N7O3/c1-36-24-21(6-4-10-28-24)22-14-30-27(33-11-8-18(17-35)9-12-33)32-25(22)37-20-15-34(16-20)26-29-13-19-5-2-3-7-23(19)31-26/h2-7,10,13-14,18,20,35H,8-9,11-12,15-17H2,1H3. The predicted molar refractivity (Wildman–Crippen MR) is 140 cm³/mol. The maximum Gasteiger partial charge on any atom is 0.228 e. The molecule has 0 unspecified atom stereocenters. The highest BCUT2D eigenvalue weighted by Crippen LogP contribution is 2.36. The molecular formula is C27H29N7O3. The van der Waals surface area contributed by atoms with E-state index in [1.54, 1.807) is 19.5 Å². The molecule has 0 saturated carbocycles. The molecule has 190 valence electrons. The molecule has 1 aromatic carbocycles. The topological polar surface area (TPSA) is 110 Å². The van der Waals surface area contributed by atoms with Crippen molar-refractivity contribution in [3.8, 4) is 22.9 Å². The van der Waals surface area contributed by atoms with E-state index in [1.807, 2.05) is 42.6 Å². The van der Waals surface area contributed by atoms with Gasteiger partial charge in [-0.1, -0.05) is 18.2 Å². The van der Waals surface area contributed by atoms with Crippen molar-refractivity contribution >= 4 is 22.8 Å². The Bertz CT molecular complexity index is 1390. The van der Waals surface area contributed by atoms with E-state index in [1.165, 1.54) is 0 Å². The summed E-state index contributed by atoms with van der Waals surface area (Å²) in [4.78, 5) is 27.3. The average molecular weight is 500 g/mol. The van der Waals surface area contributed by atoms with E-state index in [-0.39, 0.29) is 12.7 Å². The van der Waals surface area contributed by atoms with Crippen LogP contribution in [0.2, 0.25) is 0 Å². The van der Waals surface area contributed by atoms with Crippen LogP contribution in [0.1, 0.15) is 12.8 Å². The highest BCUT2D eigenvalue weighted by Gasteiger charge is 2.32. The van der Waals surface area contributed by atoms with Gasteiger partial charge in [-0.3, -0.25) is 0 Å². The molecule has 1 N–H and O–H groups in total. The van der Waals surface area contributed by atoms with Gasteiger partial charge in [-0.25, -0.2) is 19.9 Å². The van der Waals surface area contributed by atoms with E-state index >= 15 is 0 Å². The molecule has 2 aliphatic heterocycles. The lowest BCUT2D eigenvalue weighted by atomic mass is 9.98. The monoisotopic (exact) mass is 499 g/mol. The lowest BCUT2D eigenvalue weighted by Gasteiger charge is -2.39. The van der Waals surface area contributed by atoms with Gasteiger partial charge in [0.1, 0.15) is 6.10 Å². The van der Waals surface area contributed by atoms with Crippen molar-refractivity contribution in [3.05, 3.63) is 55.0 Å². The van der Waals surface area contributed by atoms with E-state index in [2.05, 4.69) is 24.8 Å². The van der Waals surface area contributed by atoms with E-state index in [4.69, 9.17) is 19.4 Å². The molecule has 0 aliphatic carbocycles. The highest BCUT2D eigenvalue weighted by atomic mass is 16.5. The van der Waals surface area contributed by atoms with E-state index in [9.17, 15) is 5.11 Å². The Labute approximate surface area is 215 Å². The quantitative estimate of drug-likeness (QED) is 0.407. The number of para-hydroxylation sites is 1. The molecule has 2 saturated heterocycles. The number of aliphatic hydroxyl groups excluding tert-OH is 1. The van der Waals surface area contributed by atoms with Crippen molar-refractivity contribution < 1.29 is 14.6 Å². The van der Waals surface area contributed by atoms with Gasteiger partial charge in [-0.2, -0.15) is 4.98 Å². The Kier molecular flexibility index (Phi) is 6.40. The van der Waals surface area contributed by atoms with Gasteiger partial charge in [0.2, 0.25) is 23.7 Å². The van der Waals surface area contributed by atoms with E-state index in [0.29, 0.717) is 42.7 Å². The smallest absolute Gasteiger partial charge is 0.228 e. The van der Waals surface area contributed by atoms with Crippen molar-refractivity contribution in [3.63, 3.8) is 0 Å². The number of rotatable bonds is 7. The molecule has 37 heavy (non-hydrogen) atoms. The van der Waals surface area contributed by atoms with Gasteiger partial charge in [-0.05, 0) is 37.0 Å². The Morgan fingerprint density at radius 3 is 2.46 bits per heavy atom. The Morgan fingerprint density at radius 1 is 0.865 bits per heavy atom. The number of aliphatic hydroxyl groups is 1. The second kappa shape index (κ2) is 10.1. The fraction of sp³-hybridized carbons (Fsp3) is 0.370. The first-order valence-electron chi connectivity index (χ1n) is 12.6. The van der Waals surface area contributed by atoms with Crippen molar-refractivity contribution in [2.24, 2.45) is 5.92 Å². The molecule has 0 spiro atoms. The number of fused-ring (bicyclic) bond motifs is 1. The molecule has 2 fully saturated rings. The second-order valence-corrected chi connectivity index (χ2v) is 9.44. The predicted octanol–water partition coefficient (Wildman–Crippen LogP) is 2.97. The van der Waals surface area contributed by atoms with Crippen LogP contribution in [0.15, 0.2) is 55.0 Å². The number of pyridine rings is 1. The van der Waals surface area contributed by atoms with Crippen LogP contribution in [0.5, 0.6) is 11.8 Å². The molecule has 0 amide bonds. The Morgan fingerprint density at radius 2 is 1.65 bits per heavy atom. The zero-order chi connectivity index (χ0) is 25.2. The molecule has 6 rings (SSSR count). The number of hydrogen-bond acceptors (Lipinski definition) is 10. The van der Waals surface area contributed by atoms with Crippen LogP contribution in [-0.2, 0) is 0 Å². The SMILES string of the molecule is COc1ncccc1-c1cnc(N2CCC(CO)CC2)nc1OC1CN(c2ncc3ccccc3n2)C1. The summed E-state index contributed by atoms with van der Waals surface area (Å²) in [6.45, 7) is 3.14. The van der Waals surface area contributed by atoms with Crippen LogP contribution < -0.4 is 19.3 Å². The average Bonchev–Trinajstić information content (AvgIpc) is 2.94. The van der Waals surface area contributed by atoms with Crippen LogP contribution >= 0.6 is 0 Å². The minimum Gasteiger partial charge on any atom is -0.481 e. The molecule has 4 aromatic rings. The largest absolute Gasteiger partial charge is 0.481 e. The van der Waals surface area contributed by atoms with Crippen LogP contribution in [0.4, 0.5) is 11.9 Å². The van der Waals surface area contributed by atoms with E-state index in [0.717, 1.165) is 48.0 Å². The van der Waals surface area contributed by atoms with Crippen molar-refractivity contribution in [2.75, 3.05) is 49.7 Å². The zero-order valence-electron chi connectivity index (χ0n) is 20.7. The number of piperidine rings is 1. The minimum absolute atomic E-state index is 0.0700. The molecule has 5 heterocycles. The summed E-state index contributed by atoms with van der Waals surface area (Å²) in [6.07, 6.45) is 7.10. The Hall–Kier alpha value is -4.05. The van der Waals surface area contributed by atoms with Crippen molar-refractivity contribution in [2.45, 2.75) is 18.9 Å². The molecule has 10 nitrogen and oxygen atoms in total. The molecule has 0 radical (unpaired) electrons. The number of benzene rings is 1. The van der Waals surface area contributed by atoms with Gasteiger partial charge >= 0.3 is 0 Å². The van der Waals surface area contributed by atoms with Gasteiger partial charge in [0.05, 0.1) is 36.8 Å². The third kappa shape index (κ3) is 4.72. The Balaban J connectivity index is 1.24. The van der Waals surface area contributed by atoms with Gasteiger partial charge in [0, 0.05) is 43.7 Å². The second-order valence-electron chi connectivity index (χ2n) is 9.44. The summed E-state index contributed by atoms with van der Waals surface area (Å²) in [5.74, 6) is 2.66. The minimum atomic E-state index is -0.0700.